The summed E-state index contributed by atoms with van der Waals surface area (Å²) in [5.74, 6) is -1.15. The Morgan fingerprint density at radius 2 is 1.93 bits per heavy atom. The van der Waals surface area contributed by atoms with Gasteiger partial charge in [-0.2, -0.15) is 5.10 Å². The number of rotatable bonds is 4. The quantitative estimate of drug-likeness (QED) is 0.749. The van der Waals surface area contributed by atoms with E-state index in [2.05, 4.69) is 20.6 Å². The van der Waals surface area contributed by atoms with Gasteiger partial charge in [0.2, 0.25) is 5.91 Å². The topological polar surface area (TPSA) is 75.9 Å². The molecule has 28 heavy (non-hydrogen) atoms. The molecule has 1 aliphatic heterocycles. The highest BCUT2D eigenvalue weighted by Crippen LogP contribution is 2.23. The molecule has 0 spiro atoms. The van der Waals surface area contributed by atoms with Crippen molar-refractivity contribution in [1.29, 1.82) is 0 Å². The van der Waals surface area contributed by atoms with E-state index < -0.39 is 11.6 Å². The molecule has 0 radical (unpaired) electrons. The summed E-state index contributed by atoms with van der Waals surface area (Å²) in [4.78, 5) is 14.5. The van der Waals surface area contributed by atoms with Gasteiger partial charge in [-0.1, -0.05) is 0 Å². The van der Waals surface area contributed by atoms with Gasteiger partial charge in [-0.05, 0) is 43.2 Å². The monoisotopic (exact) mass is 384 g/mol. The van der Waals surface area contributed by atoms with E-state index in [1.54, 1.807) is 23.1 Å². The summed E-state index contributed by atoms with van der Waals surface area (Å²) in [6, 6.07) is 8.79. The number of carbonyl (C=O) groups excluding carboxylic acids is 1. The molecule has 1 saturated heterocycles. The lowest BCUT2D eigenvalue weighted by atomic mass is 9.97. The highest BCUT2D eigenvalue weighted by atomic mass is 19.2. The molecule has 0 saturated carbocycles. The minimum atomic E-state index is -0.990. The maximum atomic E-state index is 13.3. The number of nitrogens with one attached hydrogen (secondary N) is 1. The maximum absolute atomic E-state index is 13.3. The van der Waals surface area contributed by atoms with Crippen LogP contribution in [0.15, 0.2) is 48.8 Å². The first kappa shape index (κ1) is 18.0. The van der Waals surface area contributed by atoms with Crippen molar-refractivity contribution in [3.05, 3.63) is 60.4 Å². The number of carbonyl (C=O) groups is 1. The van der Waals surface area contributed by atoms with Gasteiger partial charge in [-0.3, -0.25) is 4.79 Å². The second-order valence-corrected chi connectivity index (χ2v) is 6.60. The fourth-order valence-electron chi connectivity index (χ4n) is 3.23. The number of amides is 1. The third-order valence-corrected chi connectivity index (χ3v) is 4.68. The van der Waals surface area contributed by atoms with Crippen LogP contribution in [0.1, 0.15) is 12.8 Å². The number of anilines is 2. The van der Waals surface area contributed by atoms with Crippen molar-refractivity contribution < 1.29 is 13.6 Å². The predicted molar refractivity (Wildman–Crippen MR) is 99.1 cm³/mol. The molecule has 7 nitrogen and oxygen atoms in total. The number of benzene rings is 1. The van der Waals surface area contributed by atoms with Crippen LogP contribution in [0, 0.1) is 17.6 Å². The van der Waals surface area contributed by atoms with E-state index >= 15 is 0 Å². The Labute approximate surface area is 160 Å². The maximum Gasteiger partial charge on any atom is 0.229 e. The highest BCUT2D eigenvalue weighted by molar-refractivity contribution is 5.93. The highest BCUT2D eigenvalue weighted by Gasteiger charge is 2.27. The van der Waals surface area contributed by atoms with E-state index in [0.29, 0.717) is 24.6 Å². The van der Waals surface area contributed by atoms with E-state index in [4.69, 9.17) is 0 Å². The van der Waals surface area contributed by atoms with Crippen molar-refractivity contribution in [1.82, 2.24) is 20.0 Å². The molecule has 1 amide bonds. The molecule has 1 unspecified atom stereocenters. The molecule has 3 heterocycles. The first-order valence-electron chi connectivity index (χ1n) is 8.95. The van der Waals surface area contributed by atoms with Gasteiger partial charge in [0.15, 0.2) is 23.3 Å². The Balaban J connectivity index is 1.42. The molecular formula is C19H18F2N6O. The summed E-state index contributed by atoms with van der Waals surface area (Å²) < 4.78 is 28.0. The van der Waals surface area contributed by atoms with Crippen LogP contribution in [0.3, 0.4) is 0 Å². The zero-order valence-electron chi connectivity index (χ0n) is 14.9. The molecule has 1 atom stereocenters. The summed E-state index contributed by atoms with van der Waals surface area (Å²) in [6.07, 6.45) is 4.98. The van der Waals surface area contributed by atoms with E-state index in [1.165, 1.54) is 6.07 Å². The molecule has 4 rings (SSSR count). The van der Waals surface area contributed by atoms with Crippen LogP contribution in [-0.4, -0.2) is 39.0 Å². The molecule has 0 aliphatic carbocycles. The van der Waals surface area contributed by atoms with Gasteiger partial charge in [-0.25, -0.2) is 13.5 Å². The number of piperidine rings is 1. The molecule has 2 aromatic heterocycles. The van der Waals surface area contributed by atoms with Gasteiger partial charge in [0.1, 0.15) is 0 Å². The van der Waals surface area contributed by atoms with Crippen molar-refractivity contribution in [3.63, 3.8) is 0 Å². The van der Waals surface area contributed by atoms with Crippen molar-refractivity contribution >= 4 is 17.4 Å². The van der Waals surface area contributed by atoms with Crippen molar-refractivity contribution in [2.45, 2.75) is 12.8 Å². The SMILES string of the molecule is O=C(Nc1ccc(F)c(F)c1)C1CCCN(c2ccc(-n3cccn3)nn2)C1. The lowest BCUT2D eigenvalue weighted by Crippen LogP contribution is -2.41. The minimum Gasteiger partial charge on any atom is -0.354 e. The zero-order valence-corrected chi connectivity index (χ0v) is 14.9. The van der Waals surface area contributed by atoms with Crippen molar-refractivity contribution in [3.8, 4) is 5.82 Å². The molecule has 1 N–H and O–H groups in total. The zero-order chi connectivity index (χ0) is 19.5. The van der Waals surface area contributed by atoms with Crippen LogP contribution >= 0.6 is 0 Å². The smallest absolute Gasteiger partial charge is 0.229 e. The summed E-state index contributed by atoms with van der Waals surface area (Å²) in [5.41, 5.74) is 0.240. The minimum absolute atomic E-state index is 0.225. The fourth-order valence-corrected chi connectivity index (χ4v) is 3.23. The summed E-state index contributed by atoms with van der Waals surface area (Å²) in [7, 11) is 0. The Hall–Kier alpha value is -3.36. The Bertz CT molecular complexity index is 961. The first-order valence-corrected chi connectivity index (χ1v) is 8.95. The van der Waals surface area contributed by atoms with Crippen LogP contribution in [-0.2, 0) is 4.79 Å². The Kier molecular flexibility index (Phi) is 4.96. The third kappa shape index (κ3) is 3.83. The molecule has 144 valence electrons. The average Bonchev–Trinajstić information content (AvgIpc) is 3.26. The van der Waals surface area contributed by atoms with Crippen LogP contribution in [0.4, 0.5) is 20.3 Å². The van der Waals surface area contributed by atoms with Crippen LogP contribution in [0.2, 0.25) is 0 Å². The summed E-state index contributed by atoms with van der Waals surface area (Å²) in [6.45, 7) is 1.25. The largest absolute Gasteiger partial charge is 0.354 e. The second-order valence-electron chi connectivity index (χ2n) is 6.60. The fraction of sp³-hybridized carbons (Fsp3) is 0.263. The van der Waals surface area contributed by atoms with Gasteiger partial charge in [0, 0.05) is 37.2 Å². The lowest BCUT2D eigenvalue weighted by Gasteiger charge is -2.32. The van der Waals surface area contributed by atoms with E-state index in [0.717, 1.165) is 25.1 Å². The molecular weight excluding hydrogens is 366 g/mol. The summed E-state index contributed by atoms with van der Waals surface area (Å²) in [5, 5.41) is 15.2. The van der Waals surface area contributed by atoms with Gasteiger partial charge in [-0.15, -0.1) is 10.2 Å². The van der Waals surface area contributed by atoms with Crippen LogP contribution < -0.4 is 10.2 Å². The molecule has 1 aromatic carbocycles. The predicted octanol–water partition coefficient (Wildman–Crippen LogP) is 2.80. The van der Waals surface area contributed by atoms with E-state index in [-0.39, 0.29) is 17.5 Å². The van der Waals surface area contributed by atoms with Gasteiger partial charge in [0.25, 0.3) is 0 Å². The number of hydrogen-bond acceptors (Lipinski definition) is 5. The van der Waals surface area contributed by atoms with E-state index in [1.807, 2.05) is 17.0 Å². The molecule has 9 heteroatoms. The van der Waals surface area contributed by atoms with Crippen molar-refractivity contribution in [2.75, 3.05) is 23.3 Å². The molecule has 0 bridgehead atoms. The Morgan fingerprint density at radius 1 is 1.11 bits per heavy atom. The van der Waals surface area contributed by atoms with Gasteiger partial charge in [0.05, 0.1) is 5.92 Å². The molecule has 3 aromatic rings. The first-order chi connectivity index (χ1) is 13.6. The number of nitrogens with zero attached hydrogens (tertiary/aromatic N) is 5. The van der Waals surface area contributed by atoms with Crippen molar-refractivity contribution in [2.24, 2.45) is 5.92 Å². The normalized spacial score (nSPS) is 16.8. The lowest BCUT2D eigenvalue weighted by molar-refractivity contribution is -0.120. The summed E-state index contributed by atoms with van der Waals surface area (Å²) >= 11 is 0. The molecule has 1 aliphatic rings. The number of halogens is 2. The number of hydrogen-bond donors (Lipinski definition) is 1. The van der Waals surface area contributed by atoms with Gasteiger partial charge >= 0.3 is 0 Å². The second kappa shape index (κ2) is 7.71. The van der Waals surface area contributed by atoms with Crippen LogP contribution in [0.25, 0.3) is 5.82 Å². The number of aromatic nitrogens is 4. The van der Waals surface area contributed by atoms with Gasteiger partial charge < -0.3 is 10.2 Å². The van der Waals surface area contributed by atoms with E-state index in [9.17, 15) is 13.6 Å². The average molecular weight is 384 g/mol. The van der Waals surface area contributed by atoms with Crippen LogP contribution in [0.5, 0.6) is 0 Å². The Morgan fingerprint density at radius 3 is 2.64 bits per heavy atom. The third-order valence-electron chi connectivity index (χ3n) is 4.68. The molecule has 1 fully saturated rings. The standard InChI is InChI=1S/C19H18F2N6O/c20-15-5-4-14(11-16(15)21)23-19(28)13-3-1-9-26(12-13)17-6-7-18(25-24-17)27-10-2-8-22-27/h2,4-8,10-11,13H,1,3,9,12H2,(H,23,28).